The molecule has 3 aromatic rings. The second-order valence-electron chi connectivity index (χ2n) is 5.74. The zero-order valence-corrected chi connectivity index (χ0v) is 15.4. The van der Waals surface area contributed by atoms with Crippen LogP contribution in [-0.4, -0.2) is 31.4 Å². The molecule has 0 unspecified atom stereocenters. The maximum atomic E-state index is 12.9. The van der Waals surface area contributed by atoms with Crippen molar-refractivity contribution in [1.29, 1.82) is 0 Å². The molecule has 3 rings (SSSR count). The van der Waals surface area contributed by atoms with Gasteiger partial charge in [-0.05, 0) is 42.5 Å². The maximum Gasteiger partial charge on any atom is 0.308 e. The Morgan fingerprint density at radius 3 is 2.31 bits per heavy atom. The number of hydrogen-bond acceptors (Lipinski definition) is 5. The maximum absolute atomic E-state index is 12.9. The number of halogens is 1. The SMILES string of the molecule is CC(=O)Oc1c(C(=O)c2ccc(S(C)(=O)=O)cc2)[nH]c2cc(Cl)ccc12. The second-order valence-corrected chi connectivity index (χ2v) is 8.19. The minimum absolute atomic E-state index is 0.0876. The highest BCUT2D eigenvalue weighted by Crippen LogP contribution is 2.33. The van der Waals surface area contributed by atoms with E-state index in [1.54, 1.807) is 18.2 Å². The Hall–Kier alpha value is -2.64. The van der Waals surface area contributed by atoms with Crippen LogP contribution in [0.4, 0.5) is 0 Å². The predicted molar refractivity (Wildman–Crippen MR) is 97.6 cm³/mol. The molecule has 0 atom stereocenters. The Morgan fingerprint density at radius 1 is 1.08 bits per heavy atom. The van der Waals surface area contributed by atoms with Crippen LogP contribution in [0.5, 0.6) is 5.75 Å². The molecule has 0 aliphatic heterocycles. The Morgan fingerprint density at radius 2 is 1.73 bits per heavy atom. The first-order valence-corrected chi connectivity index (χ1v) is 9.78. The second kappa shape index (κ2) is 6.59. The van der Waals surface area contributed by atoms with Gasteiger partial charge in [0.05, 0.1) is 10.4 Å². The molecule has 134 valence electrons. The zero-order chi connectivity index (χ0) is 19.1. The summed E-state index contributed by atoms with van der Waals surface area (Å²) in [6.45, 7) is 1.24. The fourth-order valence-corrected chi connectivity index (χ4v) is 3.35. The van der Waals surface area contributed by atoms with Crippen molar-refractivity contribution in [3.8, 4) is 5.75 Å². The van der Waals surface area contributed by atoms with Crippen molar-refractivity contribution in [3.63, 3.8) is 0 Å². The molecule has 1 aromatic heterocycles. The molecule has 1 heterocycles. The number of carbonyl (C=O) groups excluding carboxylic acids is 2. The monoisotopic (exact) mass is 391 g/mol. The van der Waals surface area contributed by atoms with E-state index in [1.807, 2.05) is 0 Å². The van der Waals surface area contributed by atoms with E-state index < -0.39 is 21.6 Å². The smallest absolute Gasteiger partial charge is 0.308 e. The number of aromatic nitrogens is 1. The molecule has 0 saturated heterocycles. The lowest BCUT2D eigenvalue weighted by molar-refractivity contribution is -0.131. The van der Waals surface area contributed by atoms with E-state index in [2.05, 4.69) is 4.98 Å². The van der Waals surface area contributed by atoms with E-state index >= 15 is 0 Å². The molecular weight excluding hydrogens is 378 g/mol. The van der Waals surface area contributed by atoms with Crippen molar-refractivity contribution in [2.24, 2.45) is 0 Å². The molecule has 0 fully saturated rings. The van der Waals surface area contributed by atoms with Gasteiger partial charge in [0.25, 0.3) is 0 Å². The third kappa shape index (κ3) is 3.49. The van der Waals surface area contributed by atoms with E-state index in [9.17, 15) is 18.0 Å². The third-order valence-corrected chi connectivity index (χ3v) is 5.09. The van der Waals surface area contributed by atoms with Crippen LogP contribution < -0.4 is 4.74 Å². The summed E-state index contributed by atoms with van der Waals surface area (Å²) in [6.07, 6.45) is 1.09. The van der Waals surface area contributed by atoms with Gasteiger partial charge in [0, 0.05) is 29.2 Å². The van der Waals surface area contributed by atoms with Crippen LogP contribution in [0.3, 0.4) is 0 Å². The number of fused-ring (bicyclic) bond motifs is 1. The molecule has 6 nitrogen and oxygen atoms in total. The Balaban J connectivity index is 2.11. The highest BCUT2D eigenvalue weighted by molar-refractivity contribution is 7.90. The number of nitrogens with one attached hydrogen (secondary N) is 1. The Bertz CT molecular complexity index is 1130. The number of ketones is 1. The minimum atomic E-state index is -3.36. The van der Waals surface area contributed by atoms with Crippen LogP contribution >= 0.6 is 11.6 Å². The normalized spacial score (nSPS) is 11.5. The van der Waals surface area contributed by atoms with E-state index in [-0.39, 0.29) is 21.9 Å². The fraction of sp³-hybridized carbons (Fsp3) is 0.111. The summed E-state index contributed by atoms with van der Waals surface area (Å²) in [7, 11) is -3.36. The summed E-state index contributed by atoms with van der Waals surface area (Å²) in [4.78, 5) is 27.3. The van der Waals surface area contributed by atoms with Crippen LogP contribution in [0.25, 0.3) is 10.9 Å². The fourth-order valence-electron chi connectivity index (χ4n) is 2.55. The number of carbonyl (C=O) groups is 2. The van der Waals surface area contributed by atoms with Crippen LogP contribution in [0, 0.1) is 0 Å². The van der Waals surface area contributed by atoms with Crippen molar-refractivity contribution in [2.45, 2.75) is 11.8 Å². The van der Waals surface area contributed by atoms with Gasteiger partial charge in [-0.1, -0.05) is 11.6 Å². The van der Waals surface area contributed by atoms with Crippen molar-refractivity contribution in [3.05, 3.63) is 58.7 Å². The number of benzene rings is 2. The van der Waals surface area contributed by atoms with E-state index in [4.69, 9.17) is 16.3 Å². The molecule has 0 saturated carbocycles. The minimum Gasteiger partial charge on any atom is -0.424 e. The molecule has 26 heavy (non-hydrogen) atoms. The average molecular weight is 392 g/mol. The van der Waals surface area contributed by atoms with Gasteiger partial charge < -0.3 is 9.72 Å². The quantitative estimate of drug-likeness (QED) is 0.543. The molecule has 2 aromatic carbocycles. The van der Waals surface area contributed by atoms with Crippen LogP contribution in [0.15, 0.2) is 47.4 Å². The largest absolute Gasteiger partial charge is 0.424 e. The summed E-state index contributed by atoms with van der Waals surface area (Å²) in [6, 6.07) is 10.4. The lowest BCUT2D eigenvalue weighted by atomic mass is 10.1. The van der Waals surface area contributed by atoms with E-state index in [1.165, 1.54) is 31.2 Å². The first-order chi connectivity index (χ1) is 12.2. The van der Waals surface area contributed by atoms with Crippen LogP contribution in [0.1, 0.15) is 23.0 Å². The summed E-state index contributed by atoms with van der Waals surface area (Å²) < 4.78 is 28.3. The molecule has 8 heteroatoms. The van der Waals surface area contributed by atoms with Crippen LogP contribution in [-0.2, 0) is 14.6 Å². The number of sulfone groups is 1. The van der Waals surface area contributed by atoms with Gasteiger partial charge >= 0.3 is 5.97 Å². The summed E-state index contributed by atoms with van der Waals surface area (Å²) in [5.74, 6) is -0.891. The van der Waals surface area contributed by atoms with Crippen molar-refractivity contribution in [1.82, 2.24) is 4.98 Å². The molecule has 0 aliphatic rings. The number of esters is 1. The molecule has 0 spiro atoms. The number of aromatic amines is 1. The average Bonchev–Trinajstić information content (AvgIpc) is 2.90. The lowest BCUT2D eigenvalue weighted by Gasteiger charge is -2.05. The topological polar surface area (TPSA) is 93.3 Å². The highest BCUT2D eigenvalue weighted by atomic mass is 35.5. The number of rotatable bonds is 4. The van der Waals surface area contributed by atoms with Gasteiger partial charge in [0.2, 0.25) is 5.78 Å². The van der Waals surface area contributed by atoms with Crippen molar-refractivity contribution < 1.29 is 22.7 Å². The third-order valence-electron chi connectivity index (χ3n) is 3.73. The van der Waals surface area contributed by atoms with Crippen LogP contribution in [0.2, 0.25) is 5.02 Å². The Labute approximate surface area is 154 Å². The predicted octanol–water partition coefficient (Wildman–Crippen LogP) is 3.38. The first kappa shape index (κ1) is 18.2. The zero-order valence-electron chi connectivity index (χ0n) is 13.9. The number of ether oxygens (including phenoxy) is 1. The standard InChI is InChI=1S/C18H14ClNO5S/c1-10(21)25-18-14-8-5-12(19)9-15(14)20-16(18)17(22)11-3-6-13(7-4-11)26(2,23)24/h3-9,20H,1-2H3. The van der Waals surface area contributed by atoms with Crippen molar-refractivity contribution in [2.75, 3.05) is 6.26 Å². The molecule has 1 N–H and O–H groups in total. The molecule has 0 aliphatic carbocycles. The van der Waals surface area contributed by atoms with Gasteiger partial charge in [-0.25, -0.2) is 8.42 Å². The summed E-state index contributed by atoms with van der Waals surface area (Å²) in [5.41, 5.74) is 0.887. The molecule has 0 amide bonds. The lowest BCUT2D eigenvalue weighted by Crippen LogP contribution is -2.08. The molecule has 0 radical (unpaired) electrons. The van der Waals surface area contributed by atoms with E-state index in [0.29, 0.717) is 15.9 Å². The first-order valence-electron chi connectivity index (χ1n) is 7.51. The molecular formula is C18H14ClNO5S. The molecule has 0 bridgehead atoms. The highest BCUT2D eigenvalue weighted by Gasteiger charge is 2.22. The van der Waals surface area contributed by atoms with Gasteiger partial charge in [-0.3, -0.25) is 9.59 Å². The van der Waals surface area contributed by atoms with E-state index in [0.717, 1.165) is 6.26 Å². The van der Waals surface area contributed by atoms with Gasteiger partial charge in [-0.2, -0.15) is 0 Å². The number of hydrogen-bond donors (Lipinski definition) is 1. The van der Waals surface area contributed by atoms with Gasteiger partial charge in [-0.15, -0.1) is 0 Å². The summed E-state index contributed by atoms with van der Waals surface area (Å²) in [5, 5.41) is 1.00. The Kier molecular flexibility index (Phi) is 4.60. The summed E-state index contributed by atoms with van der Waals surface area (Å²) >= 11 is 5.97. The van der Waals surface area contributed by atoms with Crippen molar-refractivity contribution >= 4 is 44.1 Å². The van der Waals surface area contributed by atoms with Gasteiger partial charge in [0.1, 0.15) is 5.69 Å². The van der Waals surface area contributed by atoms with Gasteiger partial charge in [0.15, 0.2) is 15.6 Å². The number of H-pyrrole nitrogens is 1.